The summed E-state index contributed by atoms with van der Waals surface area (Å²) in [4.78, 5) is 3.85. The van der Waals surface area contributed by atoms with Gasteiger partial charge in [-0.25, -0.2) is 8.42 Å². The van der Waals surface area contributed by atoms with E-state index >= 15 is 0 Å². The van der Waals surface area contributed by atoms with Gasteiger partial charge in [-0.3, -0.25) is 9.58 Å². The van der Waals surface area contributed by atoms with E-state index in [1.165, 1.54) is 29.5 Å². The van der Waals surface area contributed by atoms with Crippen LogP contribution in [-0.4, -0.2) is 54.3 Å². The van der Waals surface area contributed by atoms with Crippen molar-refractivity contribution in [3.8, 4) is 0 Å². The minimum Gasteiger partial charge on any atom is -0.368 e. The van der Waals surface area contributed by atoms with E-state index in [1.54, 1.807) is 16.0 Å². The molecule has 1 unspecified atom stereocenters. The van der Waals surface area contributed by atoms with E-state index < -0.39 is 9.84 Å². The number of aryl methyl sites for hydroxylation is 1. The summed E-state index contributed by atoms with van der Waals surface area (Å²) in [5.74, 6) is 0.112. The fraction of sp³-hybridized carbons (Fsp3) is 0.667. The molecule has 0 N–H and O–H groups in total. The Morgan fingerprint density at radius 2 is 2.17 bits per heavy atom. The Labute approximate surface area is 187 Å². The first kappa shape index (κ1) is 20.9. The van der Waals surface area contributed by atoms with Crippen molar-refractivity contribution in [1.29, 1.82) is 0 Å². The Hall–Kier alpha value is -0.930. The number of ether oxygens (including phenoxy) is 1. The first-order valence-corrected chi connectivity index (χ1v) is 13.8. The highest BCUT2D eigenvalue weighted by Gasteiger charge is 2.56. The van der Waals surface area contributed by atoms with Crippen molar-refractivity contribution in [2.45, 2.75) is 62.8 Å². The lowest BCUT2D eigenvalue weighted by Gasteiger charge is -2.48. The fourth-order valence-electron chi connectivity index (χ4n) is 5.01. The predicted octanol–water partition coefficient (Wildman–Crippen LogP) is 3.58. The Bertz CT molecular complexity index is 1060. The molecule has 1 aliphatic carbocycles. The number of likely N-dealkylation sites (tertiary alicyclic amines) is 1. The van der Waals surface area contributed by atoms with Crippen LogP contribution < -0.4 is 0 Å². The second-order valence-corrected chi connectivity index (χ2v) is 13.3. The molecule has 3 aliphatic rings. The van der Waals surface area contributed by atoms with Crippen molar-refractivity contribution in [2.75, 3.05) is 25.2 Å². The van der Waals surface area contributed by atoms with Gasteiger partial charge in [0.1, 0.15) is 15.4 Å². The van der Waals surface area contributed by atoms with Crippen LogP contribution in [0, 0.1) is 0 Å². The number of sulfone groups is 1. The topological polar surface area (TPSA) is 64.4 Å². The molecule has 2 aromatic rings. The molecule has 5 rings (SSSR count). The van der Waals surface area contributed by atoms with Crippen LogP contribution in [0.5, 0.6) is 0 Å². The largest absolute Gasteiger partial charge is 0.368 e. The van der Waals surface area contributed by atoms with Crippen LogP contribution in [0.15, 0.2) is 18.5 Å². The van der Waals surface area contributed by atoms with E-state index in [-0.39, 0.29) is 16.8 Å². The van der Waals surface area contributed by atoms with E-state index in [9.17, 15) is 8.42 Å². The first-order valence-electron chi connectivity index (χ1n) is 10.6. The van der Waals surface area contributed by atoms with Gasteiger partial charge in [-0.15, -0.1) is 11.3 Å². The number of thiophene rings is 1. The minimum absolute atomic E-state index is 0.112. The van der Waals surface area contributed by atoms with Crippen molar-refractivity contribution < 1.29 is 13.2 Å². The number of fused-ring (bicyclic) bond motifs is 3. The van der Waals surface area contributed by atoms with E-state index in [0.717, 1.165) is 42.4 Å². The third-order valence-electron chi connectivity index (χ3n) is 6.98. The molecule has 9 heteroatoms. The van der Waals surface area contributed by atoms with Crippen molar-refractivity contribution in [1.82, 2.24) is 14.7 Å². The molecule has 1 saturated heterocycles. The number of hydrogen-bond donors (Lipinski definition) is 0. The third-order valence-corrected chi connectivity index (χ3v) is 9.35. The van der Waals surface area contributed by atoms with Crippen molar-refractivity contribution >= 4 is 32.8 Å². The Morgan fingerprint density at radius 1 is 1.37 bits per heavy atom. The second kappa shape index (κ2) is 7.30. The molecule has 2 aromatic heterocycles. The lowest BCUT2D eigenvalue weighted by Crippen LogP contribution is -2.51. The van der Waals surface area contributed by atoms with E-state index in [2.05, 4.69) is 23.0 Å². The van der Waals surface area contributed by atoms with Crippen molar-refractivity contribution in [3.05, 3.63) is 38.8 Å². The number of piperidine rings is 1. The summed E-state index contributed by atoms with van der Waals surface area (Å²) in [7, 11) is -2.99. The van der Waals surface area contributed by atoms with Crippen molar-refractivity contribution in [3.63, 3.8) is 0 Å². The summed E-state index contributed by atoms with van der Waals surface area (Å²) in [6.07, 6.45) is 9.45. The molecule has 0 aromatic carbocycles. The summed E-state index contributed by atoms with van der Waals surface area (Å²) in [6.45, 7) is 5.27. The number of rotatable bonds is 5. The molecule has 0 bridgehead atoms. The van der Waals surface area contributed by atoms with Gasteiger partial charge in [-0.05, 0) is 44.2 Å². The quantitative estimate of drug-likeness (QED) is 0.669. The first-order chi connectivity index (χ1) is 14.2. The Morgan fingerprint density at radius 3 is 2.87 bits per heavy atom. The maximum absolute atomic E-state index is 11.4. The van der Waals surface area contributed by atoms with Gasteiger partial charge < -0.3 is 4.74 Å². The van der Waals surface area contributed by atoms with Crippen LogP contribution in [-0.2, 0) is 38.7 Å². The van der Waals surface area contributed by atoms with Crippen LogP contribution in [0.3, 0.4) is 0 Å². The average Bonchev–Trinajstić information content (AvgIpc) is 3.11. The SMILES string of the molecule is C[C@H]1CC2(CCN1Cc1cnn(CCS(C)(=O)=O)c1)OCC1(CC1)c1cc(Cl)sc12. The summed E-state index contributed by atoms with van der Waals surface area (Å²) in [5, 5.41) is 4.34. The lowest BCUT2D eigenvalue weighted by atomic mass is 9.78. The molecule has 0 radical (unpaired) electrons. The average molecular weight is 470 g/mol. The molecule has 30 heavy (non-hydrogen) atoms. The molecular weight excluding hydrogens is 442 g/mol. The van der Waals surface area contributed by atoms with Gasteiger partial charge in [-0.2, -0.15) is 5.10 Å². The van der Waals surface area contributed by atoms with Gasteiger partial charge in [-0.1, -0.05) is 11.6 Å². The van der Waals surface area contributed by atoms with Crippen LogP contribution in [0.2, 0.25) is 4.34 Å². The smallest absolute Gasteiger partial charge is 0.149 e. The van der Waals surface area contributed by atoms with Crippen LogP contribution >= 0.6 is 22.9 Å². The zero-order chi connectivity index (χ0) is 21.1. The summed E-state index contributed by atoms with van der Waals surface area (Å²) in [5.41, 5.74) is 2.62. The number of hydrogen-bond acceptors (Lipinski definition) is 6. The van der Waals surface area contributed by atoms with E-state index in [1.807, 2.05) is 12.4 Å². The molecule has 2 spiro atoms. The van der Waals surface area contributed by atoms with Crippen molar-refractivity contribution in [2.24, 2.45) is 0 Å². The zero-order valence-corrected chi connectivity index (χ0v) is 19.8. The number of nitrogens with zero attached hydrogens (tertiary/aromatic N) is 3. The molecule has 6 nitrogen and oxygen atoms in total. The van der Waals surface area contributed by atoms with Gasteiger partial charge in [0.25, 0.3) is 0 Å². The molecule has 2 atom stereocenters. The van der Waals surface area contributed by atoms with Gasteiger partial charge in [0.2, 0.25) is 0 Å². The standard InChI is InChI=1S/C21H28ClN3O3S2/c1-15-10-21(19-17(9-18(22)29-19)20(3-4-20)14-28-21)5-6-24(15)12-16-11-23-25(13-16)7-8-30(2,26)27/h9,11,13,15H,3-8,10,12,14H2,1-2H3/t15-,21?/m0/s1. The third kappa shape index (κ3) is 3.86. The maximum atomic E-state index is 11.4. The van der Waals surface area contributed by atoms with Gasteiger partial charge in [0.05, 0.1) is 29.4 Å². The van der Waals surface area contributed by atoms with Gasteiger partial charge >= 0.3 is 0 Å². The summed E-state index contributed by atoms with van der Waals surface area (Å²) < 4.78 is 32.0. The summed E-state index contributed by atoms with van der Waals surface area (Å²) in [6, 6.07) is 2.57. The van der Waals surface area contributed by atoms with Gasteiger partial charge in [0, 0.05) is 47.4 Å². The molecule has 2 aliphatic heterocycles. The van der Waals surface area contributed by atoms with Crippen LogP contribution in [0.1, 0.15) is 48.6 Å². The molecule has 164 valence electrons. The second-order valence-electron chi connectivity index (χ2n) is 9.37. The molecule has 1 saturated carbocycles. The molecule has 2 fully saturated rings. The predicted molar refractivity (Wildman–Crippen MR) is 119 cm³/mol. The Balaban J connectivity index is 1.27. The minimum atomic E-state index is -2.99. The highest BCUT2D eigenvalue weighted by atomic mass is 35.5. The van der Waals surface area contributed by atoms with Gasteiger partial charge in [0.15, 0.2) is 0 Å². The Kier molecular flexibility index (Phi) is 5.10. The normalized spacial score (nSPS) is 28.2. The van der Waals surface area contributed by atoms with E-state index in [0.29, 0.717) is 12.6 Å². The van der Waals surface area contributed by atoms with E-state index in [4.69, 9.17) is 16.3 Å². The lowest BCUT2D eigenvalue weighted by molar-refractivity contribution is -0.120. The maximum Gasteiger partial charge on any atom is 0.149 e. The summed E-state index contributed by atoms with van der Waals surface area (Å²) >= 11 is 8.16. The number of halogens is 1. The fourth-order valence-corrected chi connectivity index (χ4v) is 7.05. The molecular formula is C21H28ClN3O3S2. The van der Waals surface area contributed by atoms with Crippen LogP contribution in [0.4, 0.5) is 0 Å². The molecule has 4 heterocycles. The highest BCUT2D eigenvalue weighted by Crippen LogP contribution is 2.60. The zero-order valence-electron chi connectivity index (χ0n) is 17.4. The molecule has 0 amide bonds. The van der Waals surface area contributed by atoms with Crippen LogP contribution in [0.25, 0.3) is 0 Å². The highest BCUT2D eigenvalue weighted by molar-refractivity contribution is 7.90. The number of aromatic nitrogens is 2. The monoisotopic (exact) mass is 469 g/mol.